The van der Waals surface area contributed by atoms with E-state index in [4.69, 9.17) is 0 Å². The Balaban J connectivity index is 1.41. The lowest BCUT2D eigenvalue weighted by atomic mass is 9.70. The molecule has 5 aromatic carbocycles. The first-order valence-corrected chi connectivity index (χ1v) is 29.2. The van der Waals surface area contributed by atoms with Gasteiger partial charge >= 0.3 is 37.2 Å². The number of rotatable bonds is 16. The maximum absolute atomic E-state index is 13.7. The number of sulfonamides is 3. The highest BCUT2D eigenvalue weighted by atomic mass is 32.3. The standard InChI is InChI=1S/C50H52F9N3O10S4/c1-45(2,3)34-16-22-44-40(29-34)39-27-31(12-21-43(39)61(44)36-17-13-33(14-18-36)48(51,52)53)32-11-19-37-38-20-15-35(46(4,5)6)30-42(38)47(41(37)28-32,23-9-25-73(63,64)62(71-8)76(69,70)50(57,58)59)24-10-26-74(65,66)72-60(7)75(67,68)49(54,55)56/h11-22,27-30H,9-10,23-26H2,1-8H3. The zero-order chi connectivity index (χ0) is 56.8. The van der Waals surface area contributed by atoms with Crippen molar-refractivity contribution in [1.82, 2.24) is 12.9 Å². The highest BCUT2D eigenvalue weighted by Crippen LogP contribution is 2.56. The first-order valence-electron chi connectivity index (χ1n) is 23.1. The van der Waals surface area contributed by atoms with E-state index in [-0.39, 0.29) is 25.3 Å². The van der Waals surface area contributed by atoms with Crippen molar-refractivity contribution in [2.45, 2.75) is 101 Å². The van der Waals surface area contributed by atoms with Crippen molar-refractivity contribution < 1.29 is 82.3 Å². The number of fused-ring (bicyclic) bond motifs is 6. The van der Waals surface area contributed by atoms with Gasteiger partial charge in [-0.05, 0) is 136 Å². The number of hydrogen-bond acceptors (Lipinski definition) is 10. The van der Waals surface area contributed by atoms with Crippen LogP contribution in [0.2, 0.25) is 0 Å². The van der Waals surface area contributed by atoms with E-state index in [9.17, 15) is 73.2 Å². The van der Waals surface area contributed by atoms with Crippen LogP contribution in [0.15, 0.2) is 97.1 Å². The molecule has 7 rings (SSSR count). The minimum absolute atomic E-state index is 0.233. The van der Waals surface area contributed by atoms with E-state index in [2.05, 4.69) is 9.12 Å². The lowest BCUT2D eigenvalue weighted by Gasteiger charge is -2.34. The van der Waals surface area contributed by atoms with Crippen LogP contribution in [-0.2, 0) is 71.7 Å². The highest BCUT2D eigenvalue weighted by molar-refractivity contribution is 8.04. The summed E-state index contributed by atoms with van der Waals surface area (Å²) in [5.41, 5.74) is -8.76. The predicted octanol–water partition coefficient (Wildman–Crippen LogP) is 12.0. The Hall–Kier alpha value is -5.09. The summed E-state index contributed by atoms with van der Waals surface area (Å²) in [4.78, 5) is 4.28. The average Bonchev–Trinajstić information content (AvgIpc) is 3.75. The highest BCUT2D eigenvalue weighted by Gasteiger charge is 2.55. The Kier molecular flexibility index (Phi) is 15.2. The van der Waals surface area contributed by atoms with E-state index < -0.39 is 106 Å². The van der Waals surface area contributed by atoms with Gasteiger partial charge in [-0.3, -0.25) is 4.84 Å². The van der Waals surface area contributed by atoms with Crippen LogP contribution in [0.3, 0.4) is 0 Å². The van der Waals surface area contributed by atoms with Crippen molar-refractivity contribution in [2.75, 3.05) is 25.7 Å². The summed E-state index contributed by atoms with van der Waals surface area (Å²) >= 11 is 0. The first-order chi connectivity index (χ1) is 34.7. The number of nitrogens with zero attached hydrogens (tertiary/aromatic N) is 3. The molecule has 0 amide bonds. The number of alkyl halides is 9. The van der Waals surface area contributed by atoms with Gasteiger partial charge in [-0.1, -0.05) is 88.5 Å². The van der Waals surface area contributed by atoms with E-state index in [1.54, 1.807) is 42.5 Å². The fraction of sp³-hybridized carbons (Fsp3) is 0.400. The minimum atomic E-state index is -6.60. The van der Waals surface area contributed by atoms with Gasteiger partial charge in [0.1, 0.15) is 0 Å². The van der Waals surface area contributed by atoms with Crippen LogP contribution in [0.4, 0.5) is 39.5 Å². The summed E-state index contributed by atoms with van der Waals surface area (Å²) in [6, 6.07) is 26.6. The third-order valence-corrected chi connectivity index (χ3v) is 19.8. The van der Waals surface area contributed by atoms with Crippen molar-refractivity contribution in [3.05, 3.63) is 125 Å². The molecule has 0 N–H and O–H groups in total. The summed E-state index contributed by atoms with van der Waals surface area (Å²) < 4.78 is 229. The van der Waals surface area contributed by atoms with Gasteiger partial charge in [0, 0.05) is 32.8 Å². The molecule has 6 aromatic rings. The monoisotopic (exact) mass is 1150 g/mol. The van der Waals surface area contributed by atoms with Gasteiger partial charge in [0.15, 0.2) is 0 Å². The van der Waals surface area contributed by atoms with E-state index in [0.717, 1.165) is 28.6 Å². The zero-order valence-corrected chi connectivity index (χ0v) is 45.2. The van der Waals surface area contributed by atoms with Crippen LogP contribution < -0.4 is 0 Å². The number of benzene rings is 5. The maximum Gasteiger partial charge on any atom is 0.514 e. The molecule has 414 valence electrons. The van der Waals surface area contributed by atoms with E-state index >= 15 is 0 Å². The van der Waals surface area contributed by atoms with Crippen molar-refractivity contribution >= 4 is 62.0 Å². The molecule has 0 fully saturated rings. The molecule has 1 aliphatic rings. The van der Waals surface area contributed by atoms with Gasteiger partial charge in [0.05, 0.1) is 35.2 Å². The maximum atomic E-state index is 13.7. The van der Waals surface area contributed by atoms with Gasteiger partial charge in [-0.25, -0.2) is 16.8 Å². The van der Waals surface area contributed by atoms with Crippen molar-refractivity contribution in [3.8, 4) is 27.9 Å². The molecule has 0 spiro atoms. The van der Waals surface area contributed by atoms with Gasteiger partial charge in [0.2, 0.25) is 10.0 Å². The van der Waals surface area contributed by atoms with E-state index in [0.29, 0.717) is 62.6 Å². The number of hydrogen-bond donors (Lipinski definition) is 0. The molecule has 1 aromatic heterocycles. The Morgan fingerprint density at radius 3 is 1.51 bits per heavy atom. The average molecular weight is 1150 g/mol. The normalized spacial score (nSPS) is 16.3. The van der Waals surface area contributed by atoms with Gasteiger partial charge in [-0.2, -0.15) is 60.6 Å². The third-order valence-electron chi connectivity index (χ3n) is 13.4. The fourth-order valence-corrected chi connectivity index (χ4v) is 14.3. The van der Waals surface area contributed by atoms with Gasteiger partial charge in [-0.15, -0.1) is 0 Å². The third kappa shape index (κ3) is 11.0. The predicted molar refractivity (Wildman–Crippen MR) is 269 cm³/mol. The molecule has 1 aliphatic carbocycles. The van der Waals surface area contributed by atoms with Crippen LogP contribution in [0.5, 0.6) is 0 Å². The topological polar surface area (TPSA) is 166 Å². The Bertz CT molecular complexity index is 3700. The molecular formula is C50H52F9N3O10S4. The van der Waals surface area contributed by atoms with Crippen LogP contribution in [-0.4, -0.2) is 83.3 Å². The largest absolute Gasteiger partial charge is 0.514 e. The number of aromatic nitrogens is 1. The quantitative estimate of drug-likeness (QED) is 0.0672. The molecule has 13 nitrogen and oxygen atoms in total. The molecule has 76 heavy (non-hydrogen) atoms. The molecule has 0 saturated heterocycles. The summed E-state index contributed by atoms with van der Waals surface area (Å²) in [6.45, 7) is 11.7. The first kappa shape index (κ1) is 58.6. The molecule has 0 aliphatic heterocycles. The van der Waals surface area contributed by atoms with E-state index in [1.807, 2.05) is 76.4 Å². The lowest BCUT2D eigenvalue weighted by molar-refractivity contribution is -0.137. The lowest BCUT2D eigenvalue weighted by Crippen LogP contribution is -2.44. The molecule has 1 heterocycles. The summed E-state index contributed by atoms with van der Waals surface area (Å²) in [5.74, 6) is -2.37. The Morgan fingerprint density at radius 2 is 0.987 bits per heavy atom. The van der Waals surface area contributed by atoms with Crippen LogP contribution in [0.25, 0.3) is 49.7 Å². The summed E-state index contributed by atoms with van der Waals surface area (Å²) in [7, 11) is -22.8. The molecule has 1 atom stereocenters. The second kappa shape index (κ2) is 19.7. The molecule has 26 heteroatoms. The van der Waals surface area contributed by atoms with Gasteiger partial charge < -0.3 is 4.57 Å². The molecule has 0 radical (unpaired) electrons. The Morgan fingerprint density at radius 1 is 0.539 bits per heavy atom. The van der Waals surface area contributed by atoms with Crippen molar-refractivity contribution in [2.24, 2.45) is 0 Å². The van der Waals surface area contributed by atoms with Crippen molar-refractivity contribution in [1.29, 1.82) is 0 Å². The van der Waals surface area contributed by atoms with Crippen LogP contribution in [0, 0.1) is 0 Å². The summed E-state index contributed by atoms with van der Waals surface area (Å²) in [5, 5.41) is 1.44. The second-order valence-electron chi connectivity index (χ2n) is 20.5. The molecule has 0 saturated carbocycles. The Labute approximate surface area is 434 Å². The van der Waals surface area contributed by atoms with Crippen molar-refractivity contribution in [3.63, 3.8) is 0 Å². The molecule has 1 unspecified atom stereocenters. The van der Waals surface area contributed by atoms with E-state index in [1.165, 1.54) is 12.1 Å². The number of hydroxylamine groups is 1. The SMILES string of the molecule is CON(S(=O)(=O)CCCC1(CCCS(=O)(=O)ON(C)S(=O)(=O)C(F)(F)F)c2cc(-c3ccc4c(c3)c3cc(C(C)(C)C)ccc3n4-c3ccc(C(F)(F)F)cc3)ccc2-c2ccc(C(C)(C)C)cc21)S(=O)(=O)C(F)(F)F. The fourth-order valence-electron chi connectivity index (χ4n) is 9.56. The minimum Gasteiger partial charge on any atom is -0.309 e. The van der Waals surface area contributed by atoms with Gasteiger partial charge in [0.25, 0.3) is 10.1 Å². The second-order valence-corrected chi connectivity index (χ2v) is 27.9. The number of halogens is 9. The van der Waals surface area contributed by atoms with Crippen LogP contribution in [0.1, 0.15) is 95.0 Å². The van der Waals surface area contributed by atoms with Crippen LogP contribution >= 0.6 is 0 Å². The summed E-state index contributed by atoms with van der Waals surface area (Å²) in [6.07, 6.45) is -6.33. The molecular weight excluding hydrogens is 1100 g/mol. The zero-order valence-electron chi connectivity index (χ0n) is 41.9. The smallest absolute Gasteiger partial charge is 0.309 e. The molecule has 0 bridgehead atoms.